The molecule has 0 saturated carbocycles. The van der Waals surface area contributed by atoms with Crippen molar-refractivity contribution in [2.24, 2.45) is 5.92 Å². The van der Waals surface area contributed by atoms with Crippen LogP contribution < -0.4 is 9.47 Å². The zero-order chi connectivity index (χ0) is 29.6. The topological polar surface area (TPSA) is 89.0 Å². The van der Waals surface area contributed by atoms with Gasteiger partial charge in [0.25, 0.3) is 11.7 Å². The van der Waals surface area contributed by atoms with Crippen LogP contribution in [0.4, 0.5) is 0 Å². The fourth-order valence-corrected chi connectivity index (χ4v) is 4.96. The lowest BCUT2D eigenvalue weighted by Crippen LogP contribution is -2.29. The van der Waals surface area contributed by atoms with Gasteiger partial charge in [-0.15, -0.1) is 0 Å². The number of pyridine rings is 1. The minimum Gasteiger partial charge on any atom is -0.507 e. The molecule has 214 valence electrons. The second-order valence-corrected chi connectivity index (χ2v) is 10.8. The van der Waals surface area contributed by atoms with Crippen molar-refractivity contribution in [3.8, 4) is 11.5 Å². The third kappa shape index (κ3) is 6.36. The quantitative estimate of drug-likeness (QED) is 0.133. The molecule has 0 radical (unpaired) electrons. The van der Waals surface area contributed by atoms with Crippen LogP contribution >= 0.6 is 0 Å². The first-order chi connectivity index (χ1) is 20.3. The highest BCUT2D eigenvalue weighted by Gasteiger charge is 2.46. The number of aliphatic hydroxyl groups is 1. The number of aryl methyl sites for hydroxylation is 1. The summed E-state index contributed by atoms with van der Waals surface area (Å²) in [7, 11) is 0. The van der Waals surface area contributed by atoms with E-state index in [4.69, 9.17) is 9.47 Å². The fourth-order valence-electron chi connectivity index (χ4n) is 4.96. The number of rotatable bonds is 10. The molecule has 0 bridgehead atoms. The summed E-state index contributed by atoms with van der Waals surface area (Å²) in [6.45, 7) is 7.09. The Morgan fingerprint density at radius 3 is 2.43 bits per heavy atom. The van der Waals surface area contributed by atoms with Crippen LogP contribution in [0.2, 0.25) is 0 Å². The second kappa shape index (κ2) is 12.7. The third-order valence-electron chi connectivity index (χ3n) is 7.06. The van der Waals surface area contributed by atoms with E-state index in [0.29, 0.717) is 41.8 Å². The van der Waals surface area contributed by atoms with Crippen molar-refractivity contribution in [3.05, 3.63) is 131 Å². The number of aromatic nitrogens is 1. The van der Waals surface area contributed by atoms with Gasteiger partial charge in [0.15, 0.2) is 0 Å². The van der Waals surface area contributed by atoms with E-state index in [0.717, 1.165) is 16.7 Å². The number of likely N-dealkylation sites (tertiary alicyclic amines) is 1. The largest absolute Gasteiger partial charge is 0.507 e. The maximum atomic E-state index is 13.5. The van der Waals surface area contributed by atoms with Gasteiger partial charge < -0.3 is 19.5 Å². The lowest BCUT2D eigenvalue weighted by Gasteiger charge is -2.26. The van der Waals surface area contributed by atoms with Crippen LogP contribution in [-0.2, 0) is 22.7 Å². The van der Waals surface area contributed by atoms with E-state index in [-0.39, 0.29) is 17.9 Å². The van der Waals surface area contributed by atoms with Gasteiger partial charge in [-0.3, -0.25) is 14.6 Å². The molecule has 1 atom stereocenters. The first kappa shape index (κ1) is 28.6. The highest BCUT2D eigenvalue weighted by Crippen LogP contribution is 2.41. The van der Waals surface area contributed by atoms with E-state index in [9.17, 15) is 14.7 Å². The van der Waals surface area contributed by atoms with E-state index < -0.39 is 17.7 Å². The highest BCUT2D eigenvalue weighted by atomic mass is 16.5. The lowest BCUT2D eigenvalue weighted by atomic mass is 9.94. The number of ketones is 1. The average molecular weight is 563 g/mol. The predicted octanol–water partition coefficient (Wildman–Crippen LogP) is 6.63. The van der Waals surface area contributed by atoms with Crippen LogP contribution in [0.25, 0.3) is 5.76 Å². The maximum Gasteiger partial charge on any atom is 0.295 e. The van der Waals surface area contributed by atoms with Crippen molar-refractivity contribution in [2.45, 2.75) is 40.0 Å². The summed E-state index contributed by atoms with van der Waals surface area (Å²) in [4.78, 5) is 32.6. The Bertz CT molecular complexity index is 1600. The number of amides is 1. The molecule has 4 aromatic rings. The minimum atomic E-state index is -0.817. The van der Waals surface area contributed by atoms with Crippen LogP contribution in [0.5, 0.6) is 11.5 Å². The van der Waals surface area contributed by atoms with Gasteiger partial charge in [-0.2, -0.15) is 0 Å². The summed E-state index contributed by atoms with van der Waals surface area (Å²) in [6, 6.07) is 25.3. The SMILES string of the molecule is Cc1cc(/C(O)=C2\C(=O)C(=O)N(Cc3cccnc3)C2c2cccc(OCC(C)C)c2)ccc1OCc1ccccc1. The Balaban J connectivity index is 1.52. The zero-order valence-corrected chi connectivity index (χ0v) is 24.0. The molecule has 1 saturated heterocycles. The minimum absolute atomic E-state index is 0.0299. The monoisotopic (exact) mass is 562 g/mol. The average Bonchev–Trinajstić information content (AvgIpc) is 3.25. The van der Waals surface area contributed by atoms with Gasteiger partial charge >= 0.3 is 0 Å². The van der Waals surface area contributed by atoms with E-state index in [1.165, 1.54) is 4.90 Å². The molecule has 3 aromatic carbocycles. The fraction of sp³-hybridized carbons (Fsp3) is 0.229. The summed E-state index contributed by atoms with van der Waals surface area (Å²) < 4.78 is 11.9. The number of carbonyl (C=O) groups excluding carboxylic acids is 2. The number of hydrogen-bond donors (Lipinski definition) is 1. The Labute approximate surface area is 246 Å². The molecule has 1 aliphatic heterocycles. The van der Waals surface area contributed by atoms with Gasteiger partial charge in [-0.1, -0.05) is 62.4 Å². The molecule has 0 aliphatic carbocycles. The van der Waals surface area contributed by atoms with Crippen LogP contribution in [0.1, 0.15) is 47.7 Å². The van der Waals surface area contributed by atoms with Crippen LogP contribution in [0.3, 0.4) is 0 Å². The van der Waals surface area contributed by atoms with Gasteiger partial charge in [0.05, 0.1) is 18.2 Å². The van der Waals surface area contributed by atoms with Gasteiger partial charge in [0, 0.05) is 24.5 Å². The molecule has 1 aliphatic rings. The molecule has 1 amide bonds. The van der Waals surface area contributed by atoms with Gasteiger partial charge in [0.1, 0.15) is 23.9 Å². The van der Waals surface area contributed by atoms with Crippen molar-refractivity contribution in [1.29, 1.82) is 0 Å². The van der Waals surface area contributed by atoms with Crippen molar-refractivity contribution in [1.82, 2.24) is 9.88 Å². The third-order valence-corrected chi connectivity index (χ3v) is 7.06. The summed E-state index contributed by atoms with van der Waals surface area (Å²) in [5, 5.41) is 11.6. The Hall–Kier alpha value is -4.91. The molecule has 1 unspecified atom stereocenters. The number of Topliss-reactive ketones (excluding diaryl/α,β-unsaturated/α-hetero) is 1. The number of carbonyl (C=O) groups is 2. The smallest absolute Gasteiger partial charge is 0.295 e. The van der Waals surface area contributed by atoms with Crippen molar-refractivity contribution in [2.75, 3.05) is 6.61 Å². The number of hydrogen-bond acceptors (Lipinski definition) is 6. The number of aliphatic hydroxyl groups excluding tert-OH is 1. The molecule has 1 aromatic heterocycles. The zero-order valence-electron chi connectivity index (χ0n) is 24.0. The van der Waals surface area contributed by atoms with Gasteiger partial charge in [-0.05, 0) is 71.5 Å². The van der Waals surface area contributed by atoms with E-state index >= 15 is 0 Å². The van der Waals surface area contributed by atoms with Crippen molar-refractivity contribution < 1.29 is 24.2 Å². The van der Waals surface area contributed by atoms with E-state index in [1.54, 1.807) is 36.7 Å². The Morgan fingerprint density at radius 1 is 0.929 bits per heavy atom. The van der Waals surface area contributed by atoms with Crippen LogP contribution in [0, 0.1) is 12.8 Å². The standard InChI is InChI=1S/C35H34N2O5/c1-23(2)21-41-29-13-7-12-27(18-29)32-31(34(39)35(40)37(32)20-26-11-8-16-36-19-26)33(38)28-14-15-30(24(3)17-28)42-22-25-9-5-4-6-10-25/h4-19,23,32,38H,20-22H2,1-3H3/b33-31+. The molecular formula is C35H34N2O5. The molecule has 7 nitrogen and oxygen atoms in total. The highest BCUT2D eigenvalue weighted by molar-refractivity contribution is 6.46. The number of ether oxygens (including phenoxy) is 2. The first-order valence-corrected chi connectivity index (χ1v) is 14.0. The van der Waals surface area contributed by atoms with Gasteiger partial charge in [-0.25, -0.2) is 0 Å². The summed E-state index contributed by atoms with van der Waals surface area (Å²) in [5.74, 6) is -0.0377. The lowest BCUT2D eigenvalue weighted by molar-refractivity contribution is -0.140. The molecule has 1 N–H and O–H groups in total. The summed E-state index contributed by atoms with van der Waals surface area (Å²) in [6.07, 6.45) is 3.32. The number of benzene rings is 3. The molecular weight excluding hydrogens is 528 g/mol. The molecule has 2 heterocycles. The Kier molecular flexibility index (Phi) is 8.67. The van der Waals surface area contributed by atoms with Crippen molar-refractivity contribution >= 4 is 17.4 Å². The first-order valence-electron chi connectivity index (χ1n) is 14.0. The van der Waals surface area contributed by atoms with Crippen LogP contribution in [-0.4, -0.2) is 33.3 Å². The second-order valence-electron chi connectivity index (χ2n) is 10.8. The number of nitrogens with zero attached hydrogens (tertiary/aromatic N) is 2. The Morgan fingerprint density at radius 2 is 1.71 bits per heavy atom. The molecule has 0 spiro atoms. The van der Waals surface area contributed by atoms with Crippen LogP contribution in [0.15, 0.2) is 103 Å². The van der Waals surface area contributed by atoms with E-state index in [2.05, 4.69) is 18.8 Å². The summed E-state index contributed by atoms with van der Waals surface area (Å²) in [5.41, 5.74) is 3.73. The normalized spacial score (nSPS) is 16.2. The predicted molar refractivity (Wildman–Crippen MR) is 161 cm³/mol. The molecule has 42 heavy (non-hydrogen) atoms. The maximum absolute atomic E-state index is 13.5. The molecule has 7 heteroatoms. The summed E-state index contributed by atoms with van der Waals surface area (Å²) >= 11 is 0. The van der Waals surface area contributed by atoms with Crippen molar-refractivity contribution in [3.63, 3.8) is 0 Å². The van der Waals surface area contributed by atoms with Gasteiger partial charge in [0.2, 0.25) is 0 Å². The molecule has 5 rings (SSSR count). The van der Waals surface area contributed by atoms with E-state index in [1.807, 2.05) is 67.6 Å². The molecule has 1 fully saturated rings.